The average Bonchev–Trinajstić information content (AvgIpc) is 2.36. The van der Waals surface area contributed by atoms with Crippen molar-refractivity contribution in [1.82, 2.24) is 4.98 Å². The molecule has 1 heterocycles. The van der Waals surface area contributed by atoms with Gasteiger partial charge in [0.15, 0.2) is 0 Å². The van der Waals surface area contributed by atoms with Crippen LogP contribution in [0.1, 0.15) is 24.2 Å². The van der Waals surface area contributed by atoms with E-state index in [2.05, 4.69) is 4.98 Å². The number of nitro groups is 1. The fraction of sp³-hybridized carbons (Fsp3) is 0.455. The van der Waals surface area contributed by atoms with Crippen LogP contribution in [-0.4, -0.2) is 45.3 Å². The first-order valence-corrected chi connectivity index (χ1v) is 5.43. The molecule has 0 aliphatic heterocycles. The number of aliphatic hydroxyl groups is 1. The second-order valence-electron chi connectivity index (χ2n) is 4.65. The van der Waals surface area contributed by atoms with E-state index in [0.717, 1.165) is 12.3 Å². The van der Waals surface area contributed by atoms with Crippen molar-refractivity contribution in [2.24, 2.45) is 0 Å². The van der Waals surface area contributed by atoms with Crippen molar-refractivity contribution in [3.05, 3.63) is 27.9 Å². The molecule has 0 bridgehead atoms. The minimum atomic E-state index is -1.40. The van der Waals surface area contributed by atoms with E-state index in [9.17, 15) is 20.0 Å². The zero-order valence-electron chi connectivity index (χ0n) is 10.8. The molecule has 8 nitrogen and oxygen atoms in total. The van der Waals surface area contributed by atoms with E-state index in [-0.39, 0.29) is 12.4 Å². The summed E-state index contributed by atoms with van der Waals surface area (Å²) in [4.78, 5) is 26.4. The van der Waals surface area contributed by atoms with E-state index in [4.69, 9.17) is 5.11 Å². The highest BCUT2D eigenvalue weighted by Crippen LogP contribution is 2.25. The predicted molar refractivity (Wildman–Crippen MR) is 67.4 cm³/mol. The van der Waals surface area contributed by atoms with E-state index < -0.39 is 27.7 Å². The maximum atomic E-state index is 11.0. The first-order valence-electron chi connectivity index (χ1n) is 5.43. The van der Waals surface area contributed by atoms with Gasteiger partial charge in [0.2, 0.25) is 0 Å². The largest absolute Gasteiger partial charge is 0.477 e. The summed E-state index contributed by atoms with van der Waals surface area (Å²) in [5, 5.41) is 28.9. The molecule has 19 heavy (non-hydrogen) atoms. The van der Waals surface area contributed by atoms with Gasteiger partial charge in [0.05, 0.1) is 17.1 Å². The zero-order valence-corrected chi connectivity index (χ0v) is 10.8. The van der Waals surface area contributed by atoms with Gasteiger partial charge in [-0.2, -0.15) is 0 Å². The second-order valence-corrected chi connectivity index (χ2v) is 4.65. The van der Waals surface area contributed by atoms with Crippen LogP contribution < -0.4 is 4.90 Å². The Morgan fingerprint density at radius 3 is 2.58 bits per heavy atom. The highest BCUT2D eigenvalue weighted by molar-refractivity contribution is 5.93. The van der Waals surface area contributed by atoms with Gasteiger partial charge in [0.1, 0.15) is 17.6 Å². The van der Waals surface area contributed by atoms with Crippen LogP contribution in [0.25, 0.3) is 0 Å². The standard InChI is InChI=1S/C11H15N3O5/c1-11(2,6-15)13(3)9-4-7(10(16)17)8(5-12-9)14(18)19/h4-5,15H,6H2,1-3H3,(H,16,17). The molecule has 0 fully saturated rings. The van der Waals surface area contributed by atoms with Gasteiger partial charge in [-0.05, 0) is 13.8 Å². The van der Waals surface area contributed by atoms with Gasteiger partial charge in [-0.15, -0.1) is 0 Å². The van der Waals surface area contributed by atoms with E-state index in [0.29, 0.717) is 0 Å². The van der Waals surface area contributed by atoms with Crippen molar-refractivity contribution in [3.63, 3.8) is 0 Å². The third-order valence-corrected chi connectivity index (χ3v) is 2.93. The lowest BCUT2D eigenvalue weighted by atomic mass is 10.0. The van der Waals surface area contributed by atoms with Gasteiger partial charge >= 0.3 is 11.7 Å². The van der Waals surface area contributed by atoms with Crippen molar-refractivity contribution >= 4 is 17.5 Å². The summed E-state index contributed by atoms with van der Waals surface area (Å²) in [6.45, 7) is 3.29. The molecule has 0 radical (unpaired) electrons. The molecule has 0 saturated carbocycles. The Kier molecular flexibility index (Phi) is 4.05. The number of likely N-dealkylation sites (N-methyl/N-ethyl adjacent to an activating group) is 1. The summed E-state index contributed by atoms with van der Waals surface area (Å²) < 4.78 is 0. The number of aromatic carboxylic acids is 1. The number of carbonyl (C=O) groups is 1. The molecule has 1 rings (SSSR count). The maximum absolute atomic E-state index is 11.0. The highest BCUT2D eigenvalue weighted by atomic mass is 16.6. The van der Waals surface area contributed by atoms with E-state index in [1.807, 2.05) is 0 Å². The van der Waals surface area contributed by atoms with E-state index >= 15 is 0 Å². The molecule has 104 valence electrons. The molecular weight excluding hydrogens is 254 g/mol. The van der Waals surface area contributed by atoms with Crippen LogP contribution in [0.2, 0.25) is 0 Å². The Labute approximate surface area is 109 Å². The van der Waals surface area contributed by atoms with E-state index in [1.165, 1.54) is 0 Å². The Balaban J connectivity index is 3.30. The Morgan fingerprint density at radius 2 is 2.16 bits per heavy atom. The Hall–Kier alpha value is -2.22. The minimum absolute atomic E-state index is 0.176. The molecule has 0 atom stereocenters. The molecular formula is C11H15N3O5. The topological polar surface area (TPSA) is 117 Å². The number of rotatable bonds is 5. The number of carboxylic acid groups (broad SMARTS) is 1. The number of anilines is 1. The lowest BCUT2D eigenvalue weighted by molar-refractivity contribution is -0.385. The lowest BCUT2D eigenvalue weighted by Crippen LogP contribution is -2.44. The number of aliphatic hydroxyl groups excluding tert-OH is 1. The van der Waals surface area contributed by atoms with Gasteiger partial charge in [0.25, 0.3) is 0 Å². The van der Waals surface area contributed by atoms with Crippen molar-refractivity contribution < 1.29 is 19.9 Å². The molecule has 8 heteroatoms. The van der Waals surface area contributed by atoms with Crippen molar-refractivity contribution in [3.8, 4) is 0 Å². The van der Waals surface area contributed by atoms with Gasteiger partial charge in [-0.3, -0.25) is 10.1 Å². The molecule has 0 aliphatic rings. The van der Waals surface area contributed by atoms with Gasteiger partial charge in [0, 0.05) is 13.1 Å². The fourth-order valence-electron chi connectivity index (χ4n) is 1.35. The second kappa shape index (κ2) is 5.19. The minimum Gasteiger partial charge on any atom is -0.477 e. The first-order chi connectivity index (χ1) is 8.70. The summed E-state index contributed by atoms with van der Waals surface area (Å²) in [5.41, 5.74) is -1.67. The Morgan fingerprint density at radius 1 is 1.58 bits per heavy atom. The number of pyridine rings is 1. The summed E-state index contributed by atoms with van der Waals surface area (Å²) in [6.07, 6.45) is 0.905. The summed E-state index contributed by atoms with van der Waals surface area (Å²) >= 11 is 0. The van der Waals surface area contributed by atoms with Crippen molar-refractivity contribution in [2.45, 2.75) is 19.4 Å². The number of carboxylic acids is 1. The van der Waals surface area contributed by atoms with Crippen LogP contribution in [0.4, 0.5) is 11.5 Å². The quantitative estimate of drug-likeness (QED) is 0.602. The predicted octanol–water partition coefficient (Wildman–Crippen LogP) is 0.895. The summed E-state index contributed by atoms with van der Waals surface area (Å²) in [5.74, 6) is -1.16. The Bertz CT molecular complexity index is 515. The number of nitrogens with zero attached hydrogens (tertiary/aromatic N) is 3. The van der Waals surface area contributed by atoms with Crippen LogP contribution in [0.5, 0.6) is 0 Å². The van der Waals surface area contributed by atoms with Crippen molar-refractivity contribution in [2.75, 3.05) is 18.6 Å². The molecule has 0 aliphatic carbocycles. The lowest BCUT2D eigenvalue weighted by Gasteiger charge is -2.34. The molecule has 1 aromatic rings. The molecule has 0 unspecified atom stereocenters. The molecule has 0 saturated heterocycles. The summed E-state index contributed by atoms with van der Waals surface area (Å²) in [7, 11) is 1.62. The molecule has 0 spiro atoms. The average molecular weight is 269 g/mol. The molecule has 0 amide bonds. The monoisotopic (exact) mass is 269 g/mol. The number of hydrogen-bond donors (Lipinski definition) is 2. The van der Waals surface area contributed by atoms with Crippen LogP contribution in [0, 0.1) is 10.1 Å². The van der Waals surface area contributed by atoms with Crippen molar-refractivity contribution in [1.29, 1.82) is 0 Å². The SMILES string of the molecule is CN(c1cc(C(=O)O)c([N+](=O)[O-])cn1)C(C)(C)CO. The summed E-state index contributed by atoms with van der Waals surface area (Å²) in [6, 6.07) is 1.12. The van der Waals surface area contributed by atoms with Crippen LogP contribution in [0.3, 0.4) is 0 Å². The molecule has 1 aromatic heterocycles. The normalized spacial score (nSPS) is 11.2. The van der Waals surface area contributed by atoms with Gasteiger partial charge < -0.3 is 15.1 Å². The van der Waals surface area contributed by atoms with Crippen LogP contribution >= 0.6 is 0 Å². The third kappa shape index (κ3) is 2.97. The number of aromatic nitrogens is 1. The van der Waals surface area contributed by atoms with Crippen LogP contribution in [0.15, 0.2) is 12.3 Å². The smallest absolute Gasteiger partial charge is 0.342 e. The number of hydrogen-bond acceptors (Lipinski definition) is 6. The fourth-order valence-corrected chi connectivity index (χ4v) is 1.35. The van der Waals surface area contributed by atoms with Gasteiger partial charge in [-0.1, -0.05) is 0 Å². The molecule has 0 aromatic carbocycles. The van der Waals surface area contributed by atoms with Gasteiger partial charge in [-0.25, -0.2) is 9.78 Å². The molecule has 2 N–H and O–H groups in total. The van der Waals surface area contributed by atoms with Crippen LogP contribution in [-0.2, 0) is 0 Å². The van der Waals surface area contributed by atoms with E-state index in [1.54, 1.807) is 25.8 Å². The highest BCUT2D eigenvalue weighted by Gasteiger charge is 2.27. The zero-order chi connectivity index (χ0) is 14.8. The maximum Gasteiger partial charge on any atom is 0.342 e. The first kappa shape index (κ1) is 14.8. The third-order valence-electron chi connectivity index (χ3n) is 2.93.